The topological polar surface area (TPSA) is 188 Å². The van der Waals surface area contributed by atoms with Gasteiger partial charge in [-0.15, -0.1) is 5.10 Å². The molecule has 4 aliphatic rings. The van der Waals surface area contributed by atoms with Crippen LogP contribution in [-0.4, -0.2) is 83.0 Å². The highest BCUT2D eigenvalue weighted by molar-refractivity contribution is 6.33. The highest BCUT2D eigenvalue weighted by atomic mass is 35.5. The molecule has 284 valence electrons. The van der Waals surface area contributed by atoms with Crippen molar-refractivity contribution in [3.8, 4) is 11.8 Å². The Morgan fingerprint density at radius 2 is 1.85 bits per heavy atom. The number of alkyl halides is 3. The Kier molecular flexibility index (Phi) is 8.68. The quantitative estimate of drug-likeness (QED) is 0.291. The maximum atomic E-state index is 14.4. The summed E-state index contributed by atoms with van der Waals surface area (Å²) in [5.41, 5.74) is -2.61. The first kappa shape index (κ1) is 36.2. The largest absolute Gasteiger partial charge is 0.505 e. The summed E-state index contributed by atoms with van der Waals surface area (Å²) in [6.07, 6.45) is 0.279. The monoisotopic (exact) mass is 777 g/mol. The minimum Gasteiger partial charge on any atom is -0.505 e. The number of fused-ring (bicyclic) bond motifs is 3. The van der Waals surface area contributed by atoms with Gasteiger partial charge in [0.1, 0.15) is 23.3 Å². The molecule has 55 heavy (non-hydrogen) atoms. The summed E-state index contributed by atoms with van der Waals surface area (Å²) in [5.74, 6) is -1.46. The summed E-state index contributed by atoms with van der Waals surface area (Å²) in [7, 11) is 0. The fraction of sp³-hybridized carbons (Fsp3) is 0.389. The van der Waals surface area contributed by atoms with E-state index in [1.807, 2.05) is 0 Å². The van der Waals surface area contributed by atoms with Gasteiger partial charge in [0.15, 0.2) is 11.5 Å². The van der Waals surface area contributed by atoms with Crippen LogP contribution in [0.5, 0.6) is 5.75 Å². The van der Waals surface area contributed by atoms with Crippen LogP contribution in [0.25, 0.3) is 11.4 Å². The summed E-state index contributed by atoms with van der Waals surface area (Å²) in [6.45, 7) is 0.262. The summed E-state index contributed by atoms with van der Waals surface area (Å²) in [5, 5.41) is 26.5. The third-order valence-electron chi connectivity index (χ3n) is 10.7. The number of carbonyl (C=O) groups is 3. The molecule has 6 heterocycles. The molecule has 8 rings (SSSR count). The number of nitriles is 1. The molecule has 0 radical (unpaired) electrons. The predicted molar refractivity (Wildman–Crippen MR) is 186 cm³/mol. The number of pyridine rings is 1. The number of carbonyl (C=O) groups excluding carboxylic acids is 3. The third kappa shape index (κ3) is 6.26. The minimum atomic E-state index is -4.64. The van der Waals surface area contributed by atoms with Crippen molar-refractivity contribution in [3.63, 3.8) is 0 Å². The number of hydrogen-bond acceptors (Lipinski definition) is 10. The number of anilines is 1. The van der Waals surface area contributed by atoms with Crippen molar-refractivity contribution in [1.82, 2.24) is 33.9 Å². The molecule has 2 N–H and O–H groups in total. The van der Waals surface area contributed by atoms with Gasteiger partial charge in [0, 0.05) is 32.4 Å². The van der Waals surface area contributed by atoms with Crippen LogP contribution in [0.2, 0.25) is 5.02 Å². The number of aromatic hydroxyl groups is 1. The highest BCUT2D eigenvalue weighted by Crippen LogP contribution is 2.47. The Hall–Kier alpha value is -5.80. The highest BCUT2D eigenvalue weighted by Gasteiger charge is 2.53. The van der Waals surface area contributed by atoms with Crippen LogP contribution in [0.3, 0.4) is 0 Å². The number of nitrogens with one attached hydrogen (secondary N) is 1. The number of benzene rings is 1. The summed E-state index contributed by atoms with van der Waals surface area (Å²) >= 11 is 6.13. The molecule has 2 fully saturated rings. The molecule has 3 amide bonds. The van der Waals surface area contributed by atoms with Crippen molar-refractivity contribution in [2.45, 2.75) is 57.0 Å². The third-order valence-corrected chi connectivity index (χ3v) is 11.0. The standard InChI is InChI=1S/C36H31ClF3N9O6/c37-22-16-21(36(38,39)40)3-4-23(22)43-26(51)17-48-24-18-55-35(9-14-46(15-10-35)31(53)28-25(50)2-1-11-42-28)27(24)30(52)49-33(48)44-29(45-49)20-5-12-47(13-6-20)32(54)34(19-41)7-8-34/h1-5,11,16,50H,6-10,12-15,17-18H2,(H,43,51). The van der Waals surface area contributed by atoms with Crippen LogP contribution in [0.15, 0.2) is 47.4 Å². The van der Waals surface area contributed by atoms with Gasteiger partial charge in [0.2, 0.25) is 17.6 Å². The van der Waals surface area contributed by atoms with E-state index in [9.17, 15) is 42.7 Å². The van der Waals surface area contributed by atoms with Gasteiger partial charge in [-0.2, -0.15) is 27.9 Å². The van der Waals surface area contributed by atoms with Crippen molar-refractivity contribution < 1.29 is 37.4 Å². The second-order valence-electron chi connectivity index (χ2n) is 14.0. The lowest BCUT2D eigenvalue weighted by Crippen LogP contribution is -2.47. The number of amides is 3. The first-order valence-corrected chi connectivity index (χ1v) is 17.8. The van der Waals surface area contributed by atoms with Gasteiger partial charge >= 0.3 is 6.18 Å². The zero-order valence-electron chi connectivity index (χ0n) is 28.9. The van der Waals surface area contributed by atoms with Gasteiger partial charge in [-0.25, -0.2) is 4.98 Å². The molecule has 1 saturated carbocycles. The van der Waals surface area contributed by atoms with Crippen molar-refractivity contribution in [2.75, 3.05) is 31.5 Å². The average molecular weight is 778 g/mol. The Morgan fingerprint density at radius 1 is 1.09 bits per heavy atom. The van der Waals surface area contributed by atoms with Gasteiger partial charge in [-0.05, 0) is 68.0 Å². The van der Waals surface area contributed by atoms with Crippen LogP contribution < -0.4 is 10.9 Å². The van der Waals surface area contributed by atoms with E-state index in [-0.39, 0.29) is 84.3 Å². The molecule has 1 aromatic carbocycles. The summed E-state index contributed by atoms with van der Waals surface area (Å²) < 4.78 is 48.6. The summed E-state index contributed by atoms with van der Waals surface area (Å²) in [6, 6.07) is 7.54. The summed E-state index contributed by atoms with van der Waals surface area (Å²) in [4.78, 5) is 65.9. The Bertz CT molecular complexity index is 2430. The molecular formula is C36H31ClF3N9O6. The Labute approximate surface area is 314 Å². The second-order valence-corrected chi connectivity index (χ2v) is 14.4. The SMILES string of the molecule is N#CC1(C(=O)N2CC=C(c3nc4n(CC(=O)Nc5ccc(C(F)(F)F)cc5Cl)c5c(c(=O)n4n3)C3(CCN(C(=O)c4ncccc4O)CC3)OC5)CC2)CC1. The molecule has 0 unspecified atom stereocenters. The molecule has 1 aliphatic carbocycles. The van der Waals surface area contributed by atoms with E-state index in [0.717, 1.165) is 16.6 Å². The number of aromatic nitrogens is 5. The van der Waals surface area contributed by atoms with E-state index in [1.165, 1.54) is 27.8 Å². The van der Waals surface area contributed by atoms with Crippen LogP contribution in [0.4, 0.5) is 18.9 Å². The number of piperidine rings is 1. The van der Waals surface area contributed by atoms with Crippen LogP contribution in [-0.2, 0) is 39.3 Å². The van der Waals surface area contributed by atoms with Crippen LogP contribution in [0, 0.1) is 16.7 Å². The van der Waals surface area contributed by atoms with Crippen molar-refractivity contribution in [2.24, 2.45) is 5.41 Å². The molecule has 4 aromatic rings. The van der Waals surface area contributed by atoms with E-state index < -0.39 is 46.7 Å². The lowest BCUT2D eigenvalue weighted by molar-refractivity contribution is -0.137. The zero-order chi connectivity index (χ0) is 38.9. The lowest BCUT2D eigenvalue weighted by atomic mass is 9.85. The van der Waals surface area contributed by atoms with Gasteiger partial charge < -0.3 is 29.5 Å². The maximum absolute atomic E-state index is 14.4. The Balaban J connectivity index is 1.13. The minimum absolute atomic E-state index is 0.00660. The molecule has 1 spiro atoms. The predicted octanol–water partition coefficient (Wildman–Crippen LogP) is 3.88. The molecule has 0 atom stereocenters. The van der Waals surface area contributed by atoms with Crippen molar-refractivity contribution >= 4 is 46.4 Å². The number of halogens is 4. The zero-order valence-corrected chi connectivity index (χ0v) is 29.7. The van der Waals surface area contributed by atoms with Crippen LogP contribution >= 0.6 is 11.6 Å². The number of ether oxygens (including phenoxy) is 1. The van der Waals surface area contributed by atoms with E-state index in [4.69, 9.17) is 16.3 Å². The maximum Gasteiger partial charge on any atom is 0.416 e. The first-order valence-electron chi connectivity index (χ1n) is 17.4. The molecule has 1 saturated heterocycles. The second kappa shape index (κ2) is 13.2. The van der Waals surface area contributed by atoms with E-state index in [0.29, 0.717) is 43.1 Å². The first-order chi connectivity index (χ1) is 26.2. The number of nitrogens with zero attached hydrogens (tertiary/aromatic N) is 8. The van der Waals surface area contributed by atoms with E-state index in [2.05, 4.69) is 26.5 Å². The molecule has 3 aliphatic heterocycles. The normalized spacial score (nSPS) is 18.5. The van der Waals surface area contributed by atoms with Crippen LogP contribution in [0.1, 0.15) is 65.2 Å². The molecule has 19 heteroatoms. The molecule has 15 nitrogen and oxygen atoms in total. The van der Waals surface area contributed by atoms with Gasteiger partial charge in [0.25, 0.3) is 11.5 Å². The molecular weight excluding hydrogens is 747 g/mol. The van der Waals surface area contributed by atoms with Gasteiger partial charge in [0.05, 0.1) is 40.2 Å². The Morgan fingerprint density at radius 3 is 2.49 bits per heavy atom. The number of hydrogen-bond donors (Lipinski definition) is 2. The molecule has 3 aromatic heterocycles. The fourth-order valence-electron chi connectivity index (χ4n) is 7.45. The van der Waals surface area contributed by atoms with Gasteiger partial charge in [-0.3, -0.25) is 19.2 Å². The number of rotatable bonds is 6. The van der Waals surface area contributed by atoms with Crippen molar-refractivity contribution in [3.05, 3.63) is 86.3 Å². The van der Waals surface area contributed by atoms with Gasteiger partial charge in [-0.1, -0.05) is 17.7 Å². The molecule has 0 bridgehead atoms. The number of likely N-dealkylation sites (tertiary alicyclic amines) is 1. The van der Waals surface area contributed by atoms with E-state index >= 15 is 0 Å². The van der Waals surface area contributed by atoms with E-state index in [1.54, 1.807) is 11.0 Å². The lowest BCUT2D eigenvalue weighted by Gasteiger charge is -2.38. The smallest absolute Gasteiger partial charge is 0.416 e. The van der Waals surface area contributed by atoms with Crippen molar-refractivity contribution in [1.29, 1.82) is 5.26 Å². The average Bonchev–Trinajstić information content (AvgIpc) is 3.71. The fourth-order valence-corrected chi connectivity index (χ4v) is 7.68.